The van der Waals surface area contributed by atoms with Crippen LogP contribution in [0.1, 0.15) is 39.5 Å². The first-order valence-corrected chi connectivity index (χ1v) is 8.38. The van der Waals surface area contributed by atoms with Crippen LogP contribution in [0, 0.1) is 11.8 Å². The van der Waals surface area contributed by atoms with Gasteiger partial charge in [-0.2, -0.15) is 0 Å². The fourth-order valence-electron chi connectivity index (χ4n) is 2.51. The zero-order valence-electron chi connectivity index (χ0n) is 12.6. The van der Waals surface area contributed by atoms with Crippen LogP contribution >= 0.6 is 15.9 Å². The van der Waals surface area contributed by atoms with Crippen molar-refractivity contribution < 1.29 is 9.53 Å². The molecule has 0 bridgehead atoms. The Morgan fingerprint density at radius 1 is 1.38 bits per heavy atom. The van der Waals surface area contributed by atoms with Crippen molar-refractivity contribution in [2.75, 3.05) is 11.9 Å². The number of carbonyl (C=O) groups excluding carboxylic acids is 1. The first-order chi connectivity index (χ1) is 10.0. The number of aromatic nitrogens is 1. The summed E-state index contributed by atoms with van der Waals surface area (Å²) in [7, 11) is 0. The summed E-state index contributed by atoms with van der Waals surface area (Å²) in [6.07, 6.45) is 5.55. The van der Waals surface area contributed by atoms with Crippen molar-refractivity contribution in [1.29, 1.82) is 0 Å². The van der Waals surface area contributed by atoms with Gasteiger partial charge in [0, 0.05) is 16.7 Å². The van der Waals surface area contributed by atoms with Gasteiger partial charge in [-0.25, -0.2) is 4.98 Å². The molecule has 5 heteroatoms. The summed E-state index contributed by atoms with van der Waals surface area (Å²) in [5, 5.41) is 3.43. The van der Waals surface area contributed by atoms with Crippen LogP contribution in [0.3, 0.4) is 0 Å². The highest BCUT2D eigenvalue weighted by Crippen LogP contribution is 2.27. The van der Waals surface area contributed by atoms with E-state index < -0.39 is 0 Å². The van der Waals surface area contributed by atoms with Gasteiger partial charge in [0.05, 0.1) is 12.5 Å². The van der Waals surface area contributed by atoms with Crippen LogP contribution in [-0.2, 0) is 9.53 Å². The van der Waals surface area contributed by atoms with Crippen LogP contribution in [0.5, 0.6) is 0 Å². The smallest absolute Gasteiger partial charge is 0.308 e. The van der Waals surface area contributed by atoms with Crippen LogP contribution in [0.4, 0.5) is 5.82 Å². The molecular weight excluding hydrogens is 332 g/mol. The molecular formula is C16H23BrN2O2. The molecule has 1 saturated carbocycles. The number of rotatable bonds is 5. The number of nitrogens with zero attached hydrogens (tertiary/aromatic N) is 1. The molecule has 1 aromatic heterocycles. The third kappa shape index (κ3) is 5.30. The van der Waals surface area contributed by atoms with Gasteiger partial charge in [-0.3, -0.25) is 4.79 Å². The Bertz CT molecular complexity index is 454. The summed E-state index contributed by atoms with van der Waals surface area (Å²) in [5.74, 6) is 1.34. The second-order valence-corrected chi connectivity index (χ2v) is 6.99. The lowest BCUT2D eigenvalue weighted by atomic mass is 9.86. The third-order valence-electron chi connectivity index (χ3n) is 3.70. The van der Waals surface area contributed by atoms with Crippen LogP contribution < -0.4 is 5.32 Å². The molecule has 4 nitrogen and oxygen atoms in total. The SMILES string of the molecule is CC(C)COC(=O)[C@H]1CC[C@H](Nc2ccc(Br)cn2)CC1. The molecule has 0 spiro atoms. The number of ether oxygens (including phenoxy) is 1. The first kappa shape index (κ1) is 16.3. The van der Waals surface area contributed by atoms with Gasteiger partial charge >= 0.3 is 5.97 Å². The lowest BCUT2D eigenvalue weighted by Gasteiger charge is -2.28. The maximum Gasteiger partial charge on any atom is 0.308 e. The van der Waals surface area contributed by atoms with Crippen molar-refractivity contribution in [2.45, 2.75) is 45.6 Å². The van der Waals surface area contributed by atoms with Gasteiger partial charge in [0.2, 0.25) is 0 Å². The van der Waals surface area contributed by atoms with Crippen LogP contribution in [-0.4, -0.2) is 23.6 Å². The highest BCUT2D eigenvalue weighted by molar-refractivity contribution is 9.10. The molecule has 0 radical (unpaired) electrons. The molecule has 1 aromatic rings. The molecule has 21 heavy (non-hydrogen) atoms. The maximum absolute atomic E-state index is 11.9. The zero-order chi connectivity index (χ0) is 15.2. The van der Waals surface area contributed by atoms with Crippen molar-refractivity contribution in [3.63, 3.8) is 0 Å². The van der Waals surface area contributed by atoms with E-state index in [-0.39, 0.29) is 11.9 Å². The number of esters is 1. The Labute approximate surface area is 134 Å². The zero-order valence-corrected chi connectivity index (χ0v) is 14.2. The Morgan fingerprint density at radius 3 is 2.67 bits per heavy atom. The molecule has 2 rings (SSSR count). The third-order valence-corrected chi connectivity index (χ3v) is 4.17. The topological polar surface area (TPSA) is 51.2 Å². The van der Waals surface area contributed by atoms with E-state index in [9.17, 15) is 4.79 Å². The predicted molar refractivity (Wildman–Crippen MR) is 87.1 cm³/mol. The quantitative estimate of drug-likeness (QED) is 0.811. The van der Waals surface area contributed by atoms with Gasteiger partial charge in [-0.05, 0) is 59.7 Å². The van der Waals surface area contributed by atoms with Gasteiger partial charge in [0.25, 0.3) is 0 Å². The minimum atomic E-state index is -0.0242. The predicted octanol–water partition coefficient (Wildman–Crippen LogP) is 4.01. The molecule has 0 atom stereocenters. The van der Waals surface area contributed by atoms with Gasteiger partial charge in [0.1, 0.15) is 5.82 Å². The first-order valence-electron chi connectivity index (χ1n) is 7.59. The minimum Gasteiger partial charge on any atom is -0.465 e. The van der Waals surface area contributed by atoms with E-state index in [0.29, 0.717) is 18.6 Å². The maximum atomic E-state index is 11.9. The number of anilines is 1. The second-order valence-electron chi connectivity index (χ2n) is 6.08. The average molecular weight is 355 g/mol. The summed E-state index contributed by atoms with van der Waals surface area (Å²) < 4.78 is 6.31. The summed E-state index contributed by atoms with van der Waals surface area (Å²) >= 11 is 3.38. The van der Waals surface area contributed by atoms with Gasteiger partial charge < -0.3 is 10.1 Å². The Morgan fingerprint density at radius 2 is 2.10 bits per heavy atom. The van der Waals surface area contributed by atoms with Gasteiger partial charge in [0.15, 0.2) is 0 Å². The average Bonchev–Trinajstić information content (AvgIpc) is 2.48. The number of nitrogens with one attached hydrogen (secondary N) is 1. The summed E-state index contributed by atoms with van der Waals surface area (Å²) in [6.45, 7) is 4.64. The van der Waals surface area contributed by atoms with E-state index in [4.69, 9.17) is 4.74 Å². The molecule has 0 aromatic carbocycles. The monoisotopic (exact) mass is 354 g/mol. The largest absolute Gasteiger partial charge is 0.465 e. The molecule has 0 aliphatic heterocycles. The van der Waals surface area contributed by atoms with Crippen LogP contribution in [0.2, 0.25) is 0 Å². The number of carbonyl (C=O) groups is 1. The highest BCUT2D eigenvalue weighted by Gasteiger charge is 2.27. The number of halogens is 1. The van der Waals surface area contributed by atoms with Gasteiger partial charge in [-0.1, -0.05) is 13.8 Å². The molecule has 1 heterocycles. The molecule has 0 unspecified atom stereocenters. The van der Waals surface area contributed by atoms with E-state index in [0.717, 1.165) is 36.0 Å². The molecule has 1 aliphatic carbocycles. The minimum absolute atomic E-state index is 0.0242. The molecule has 1 N–H and O–H groups in total. The molecule has 1 fully saturated rings. The van der Waals surface area contributed by atoms with Crippen molar-refractivity contribution in [3.8, 4) is 0 Å². The van der Waals surface area contributed by atoms with E-state index in [1.165, 1.54) is 0 Å². The number of pyridine rings is 1. The highest BCUT2D eigenvalue weighted by atomic mass is 79.9. The normalized spacial score (nSPS) is 22.1. The summed E-state index contributed by atoms with van der Waals surface area (Å²) in [5.41, 5.74) is 0. The Hall–Kier alpha value is -1.10. The fourth-order valence-corrected chi connectivity index (χ4v) is 2.74. The summed E-state index contributed by atoms with van der Waals surface area (Å²) in [6, 6.07) is 4.34. The van der Waals surface area contributed by atoms with Crippen molar-refractivity contribution in [3.05, 3.63) is 22.8 Å². The van der Waals surface area contributed by atoms with Crippen molar-refractivity contribution >= 4 is 27.7 Å². The van der Waals surface area contributed by atoms with Crippen molar-refractivity contribution in [2.24, 2.45) is 11.8 Å². The van der Waals surface area contributed by atoms with Crippen LogP contribution in [0.15, 0.2) is 22.8 Å². The van der Waals surface area contributed by atoms with E-state index >= 15 is 0 Å². The Balaban J connectivity index is 1.75. The van der Waals surface area contributed by atoms with E-state index in [1.54, 1.807) is 6.20 Å². The molecule has 0 saturated heterocycles. The standard InChI is InChI=1S/C16H23BrN2O2/c1-11(2)10-21-16(20)12-3-6-14(7-4-12)19-15-8-5-13(17)9-18-15/h5,8-9,11-12,14H,3-4,6-7,10H2,1-2H3,(H,18,19)/t12-,14-. The molecule has 116 valence electrons. The summed E-state index contributed by atoms with van der Waals surface area (Å²) in [4.78, 5) is 16.3. The van der Waals surface area contributed by atoms with Crippen LogP contribution in [0.25, 0.3) is 0 Å². The lowest BCUT2D eigenvalue weighted by molar-refractivity contribution is -0.150. The van der Waals surface area contributed by atoms with Gasteiger partial charge in [-0.15, -0.1) is 0 Å². The van der Waals surface area contributed by atoms with E-state index in [1.807, 2.05) is 12.1 Å². The lowest BCUT2D eigenvalue weighted by Crippen LogP contribution is -2.31. The van der Waals surface area contributed by atoms with Crippen molar-refractivity contribution in [1.82, 2.24) is 4.98 Å². The number of hydrogen-bond acceptors (Lipinski definition) is 4. The number of hydrogen-bond donors (Lipinski definition) is 1. The van der Waals surface area contributed by atoms with E-state index in [2.05, 4.69) is 40.1 Å². The Kier molecular flexibility index (Phi) is 6.03. The molecule has 1 aliphatic rings. The molecule has 0 amide bonds. The second kappa shape index (κ2) is 7.78. The fraction of sp³-hybridized carbons (Fsp3) is 0.625.